The second-order valence-electron chi connectivity index (χ2n) is 5.58. The van der Waals surface area contributed by atoms with E-state index in [1.54, 1.807) is 6.20 Å². The predicted octanol–water partition coefficient (Wildman–Crippen LogP) is 2.46. The summed E-state index contributed by atoms with van der Waals surface area (Å²) in [6.07, 6.45) is 3.71. The molecule has 2 heterocycles. The van der Waals surface area contributed by atoms with E-state index in [9.17, 15) is 0 Å². The molecule has 2 aromatic heterocycles. The van der Waals surface area contributed by atoms with Crippen LogP contribution in [0.3, 0.4) is 0 Å². The van der Waals surface area contributed by atoms with Gasteiger partial charge in [-0.2, -0.15) is 10.2 Å². The van der Waals surface area contributed by atoms with Crippen LogP contribution in [-0.4, -0.2) is 24.7 Å². The Kier molecular flexibility index (Phi) is 4.90. The van der Waals surface area contributed by atoms with Gasteiger partial charge in [-0.3, -0.25) is 9.36 Å². The summed E-state index contributed by atoms with van der Waals surface area (Å²) >= 11 is 5.31. The first-order valence-electron chi connectivity index (χ1n) is 7.71. The van der Waals surface area contributed by atoms with Gasteiger partial charge in [-0.25, -0.2) is 0 Å². The van der Waals surface area contributed by atoms with Gasteiger partial charge in [-0.05, 0) is 36.3 Å². The van der Waals surface area contributed by atoms with Crippen molar-refractivity contribution in [1.82, 2.24) is 24.9 Å². The Morgan fingerprint density at radius 3 is 2.79 bits per heavy atom. The van der Waals surface area contributed by atoms with Crippen LogP contribution in [0.15, 0.2) is 48.8 Å². The van der Waals surface area contributed by atoms with Crippen molar-refractivity contribution in [2.24, 2.45) is 7.05 Å². The van der Waals surface area contributed by atoms with Crippen molar-refractivity contribution in [3.05, 3.63) is 65.6 Å². The van der Waals surface area contributed by atoms with E-state index in [0.29, 0.717) is 11.7 Å². The van der Waals surface area contributed by atoms with Gasteiger partial charge in [0.1, 0.15) is 0 Å². The molecule has 3 aromatic rings. The van der Waals surface area contributed by atoms with Crippen LogP contribution in [0.5, 0.6) is 0 Å². The Balaban J connectivity index is 1.55. The van der Waals surface area contributed by atoms with E-state index in [2.05, 4.69) is 39.9 Å². The molecule has 1 aromatic carbocycles. The topological polar surface area (TPSA) is 59.7 Å². The summed E-state index contributed by atoms with van der Waals surface area (Å²) in [6, 6.07) is 12.2. The summed E-state index contributed by atoms with van der Waals surface area (Å²) in [7, 11) is 1.90. The molecule has 0 atom stereocenters. The molecule has 0 spiro atoms. The maximum atomic E-state index is 5.31. The summed E-state index contributed by atoms with van der Waals surface area (Å²) < 4.78 is 3.71. The molecule has 7 heteroatoms. The number of nitrogens with zero attached hydrogens (tertiary/aromatic N) is 4. The first-order chi connectivity index (χ1) is 11.6. The van der Waals surface area contributed by atoms with Crippen LogP contribution in [0.4, 0.5) is 5.82 Å². The number of benzene rings is 1. The van der Waals surface area contributed by atoms with Crippen molar-refractivity contribution < 1.29 is 0 Å². The molecule has 0 saturated heterocycles. The van der Waals surface area contributed by atoms with E-state index < -0.39 is 0 Å². The summed E-state index contributed by atoms with van der Waals surface area (Å²) in [6.45, 7) is 3.46. The minimum atomic E-state index is 0.539. The molecule has 0 amide bonds. The molecule has 2 N–H and O–H groups in total. The molecule has 0 radical (unpaired) electrons. The van der Waals surface area contributed by atoms with Gasteiger partial charge in [0.25, 0.3) is 0 Å². The fourth-order valence-electron chi connectivity index (χ4n) is 2.38. The van der Waals surface area contributed by atoms with Gasteiger partial charge >= 0.3 is 0 Å². The van der Waals surface area contributed by atoms with Gasteiger partial charge in [0.2, 0.25) is 0 Å². The van der Waals surface area contributed by atoms with Gasteiger partial charge in [0.05, 0.1) is 18.8 Å². The highest BCUT2D eigenvalue weighted by molar-refractivity contribution is 7.80. The lowest BCUT2D eigenvalue weighted by Gasteiger charge is -2.09. The largest absolute Gasteiger partial charge is 0.357 e. The Morgan fingerprint density at radius 1 is 1.21 bits per heavy atom. The summed E-state index contributed by atoms with van der Waals surface area (Å²) in [5.41, 5.74) is 3.57. The van der Waals surface area contributed by atoms with E-state index in [1.165, 1.54) is 11.1 Å². The van der Waals surface area contributed by atoms with Crippen molar-refractivity contribution in [3.8, 4) is 0 Å². The minimum absolute atomic E-state index is 0.539. The number of aromatic nitrogens is 4. The molecule has 0 aliphatic heterocycles. The molecule has 0 unspecified atom stereocenters. The third kappa shape index (κ3) is 3.99. The van der Waals surface area contributed by atoms with Gasteiger partial charge in [-0.1, -0.05) is 24.3 Å². The fraction of sp³-hybridized carbons (Fsp3) is 0.235. The maximum Gasteiger partial charge on any atom is 0.172 e. The number of thiocarbonyl (C=S) groups is 1. The highest BCUT2D eigenvalue weighted by Crippen LogP contribution is 2.10. The van der Waals surface area contributed by atoms with Crippen LogP contribution < -0.4 is 10.6 Å². The zero-order chi connectivity index (χ0) is 16.9. The number of rotatable bonds is 5. The number of nitrogens with one attached hydrogen (secondary N) is 2. The predicted molar refractivity (Wildman–Crippen MR) is 98.8 cm³/mol. The summed E-state index contributed by atoms with van der Waals surface area (Å²) in [5.74, 6) is 0.728. The molecule has 24 heavy (non-hydrogen) atoms. The lowest BCUT2D eigenvalue weighted by Crippen LogP contribution is -2.29. The first kappa shape index (κ1) is 16.2. The zero-order valence-corrected chi connectivity index (χ0v) is 14.5. The molecule has 0 aliphatic rings. The van der Waals surface area contributed by atoms with E-state index in [-0.39, 0.29) is 0 Å². The molecule has 3 rings (SSSR count). The maximum absolute atomic E-state index is 5.31. The van der Waals surface area contributed by atoms with Crippen LogP contribution >= 0.6 is 12.2 Å². The van der Waals surface area contributed by atoms with Gasteiger partial charge < -0.3 is 10.6 Å². The van der Waals surface area contributed by atoms with Crippen LogP contribution in [0.1, 0.15) is 16.8 Å². The third-order valence-electron chi connectivity index (χ3n) is 3.83. The quantitative estimate of drug-likeness (QED) is 0.699. The molecular formula is C17H20N6S. The van der Waals surface area contributed by atoms with Crippen molar-refractivity contribution in [1.29, 1.82) is 0 Å². The number of aryl methyl sites for hydroxylation is 2. The highest BCUT2D eigenvalue weighted by atomic mass is 32.1. The SMILES string of the molecule is Cc1ccccc1Cn1ccc(NC(=S)NCc2ccnn2C)n1. The number of hydrogen-bond acceptors (Lipinski definition) is 3. The monoisotopic (exact) mass is 340 g/mol. The fourth-order valence-corrected chi connectivity index (χ4v) is 2.56. The van der Waals surface area contributed by atoms with Gasteiger partial charge in [-0.15, -0.1) is 0 Å². The molecule has 6 nitrogen and oxygen atoms in total. The number of hydrogen-bond donors (Lipinski definition) is 2. The van der Waals surface area contributed by atoms with Crippen LogP contribution in [0.2, 0.25) is 0 Å². The van der Waals surface area contributed by atoms with Crippen molar-refractivity contribution in [2.45, 2.75) is 20.0 Å². The average Bonchev–Trinajstić information content (AvgIpc) is 3.17. The normalized spacial score (nSPS) is 10.6. The molecule has 0 aliphatic carbocycles. The van der Waals surface area contributed by atoms with E-state index >= 15 is 0 Å². The lowest BCUT2D eigenvalue weighted by molar-refractivity contribution is 0.686. The van der Waals surface area contributed by atoms with Crippen molar-refractivity contribution >= 4 is 23.1 Å². The Morgan fingerprint density at radius 2 is 2.04 bits per heavy atom. The van der Waals surface area contributed by atoms with E-state index in [0.717, 1.165) is 18.1 Å². The molecule has 124 valence electrons. The Hall–Kier alpha value is -2.67. The Labute approximate surface area is 146 Å². The summed E-state index contributed by atoms with van der Waals surface area (Å²) in [5, 5.41) is 15.4. The van der Waals surface area contributed by atoms with E-state index in [1.807, 2.05) is 46.9 Å². The molecular weight excluding hydrogens is 320 g/mol. The second kappa shape index (κ2) is 7.27. The average molecular weight is 340 g/mol. The third-order valence-corrected chi connectivity index (χ3v) is 4.07. The van der Waals surface area contributed by atoms with Crippen molar-refractivity contribution in [3.63, 3.8) is 0 Å². The summed E-state index contributed by atoms with van der Waals surface area (Å²) in [4.78, 5) is 0. The second-order valence-corrected chi connectivity index (χ2v) is 5.99. The number of anilines is 1. The highest BCUT2D eigenvalue weighted by Gasteiger charge is 2.05. The molecule has 0 bridgehead atoms. The van der Waals surface area contributed by atoms with E-state index in [4.69, 9.17) is 12.2 Å². The van der Waals surface area contributed by atoms with Crippen molar-refractivity contribution in [2.75, 3.05) is 5.32 Å². The van der Waals surface area contributed by atoms with Gasteiger partial charge in [0.15, 0.2) is 10.9 Å². The first-order valence-corrected chi connectivity index (χ1v) is 8.12. The van der Waals surface area contributed by atoms with Crippen LogP contribution in [0, 0.1) is 6.92 Å². The molecule has 0 fully saturated rings. The zero-order valence-electron chi connectivity index (χ0n) is 13.7. The van der Waals surface area contributed by atoms with Crippen LogP contribution in [0.25, 0.3) is 0 Å². The van der Waals surface area contributed by atoms with Crippen LogP contribution in [-0.2, 0) is 20.1 Å². The Bertz CT molecular complexity index is 835. The standard InChI is InChI=1S/C17H20N6S/c1-13-5-3-4-6-14(13)12-23-10-8-16(21-23)20-17(24)18-11-15-7-9-19-22(15)2/h3-10H,11-12H2,1-2H3,(H2,18,20,21,24). The molecule has 0 saturated carbocycles. The van der Waals surface area contributed by atoms with Gasteiger partial charge in [0, 0.05) is 25.5 Å². The smallest absolute Gasteiger partial charge is 0.172 e. The lowest BCUT2D eigenvalue weighted by atomic mass is 10.1. The minimum Gasteiger partial charge on any atom is -0.357 e.